The molecule has 1 aliphatic heterocycles. The summed E-state index contributed by atoms with van der Waals surface area (Å²) in [5.74, 6) is -3.65. The average molecular weight is 316 g/mol. The monoisotopic (exact) mass is 315 g/mol. The van der Waals surface area contributed by atoms with Gasteiger partial charge in [-0.05, 0) is 30.5 Å². The maximum atomic E-state index is 9.10. The Morgan fingerprint density at radius 2 is 1.86 bits per heavy atom. The molecular weight excluding hydrogens is 298 g/mol. The van der Waals surface area contributed by atoms with Gasteiger partial charge in [0.15, 0.2) is 0 Å². The first-order valence-electron chi connectivity index (χ1n) is 6.52. The number of hydrogen-bond acceptors (Lipinski definition) is 4. The zero-order valence-corrected chi connectivity index (χ0v) is 12.2. The van der Waals surface area contributed by atoms with Crippen molar-refractivity contribution in [3.63, 3.8) is 0 Å². The van der Waals surface area contributed by atoms with E-state index in [-0.39, 0.29) is 0 Å². The molecule has 6 nitrogen and oxygen atoms in total. The van der Waals surface area contributed by atoms with E-state index in [9.17, 15) is 0 Å². The minimum atomic E-state index is -1.82. The van der Waals surface area contributed by atoms with E-state index in [1.807, 2.05) is 24.3 Å². The van der Waals surface area contributed by atoms with Gasteiger partial charge in [-0.1, -0.05) is 23.7 Å². The highest BCUT2D eigenvalue weighted by Crippen LogP contribution is 2.12. The van der Waals surface area contributed by atoms with Crippen molar-refractivity contribution < 1.29 is 24.5 Å². The van der Waals surface area contributed by atoms with Gasteiger partial charge in [0.2, 0.25) is 0 Å². The van der Waals surface area contributed by atoms with Crippen molar-refractivity contribution in [1.29, 1.82) is 0 Å². The van der Waals surface area contributed by atoms with Crippen LogP contribution in [0.4, 0.5) is 0 Å². The van der Waals surface area contributed by atoms with E-state index in [4.69, 9.17) is 36.1 Å². The zero-order chi connectivity index (χ0) is 15.7. The van der Waals surface area contributed by atoms with Gasteiger partial charge in [0.25, 0.3) is 0 Å². The average Bonchev–Trinajstić information content (AvgIpc) is 2.95. The van der Waals surface area contributed by atoms with E-state index in [0.717, 1.165) is 24.7 Å². The summed E-state index contributed by atoms with van der Waals surface area (Å²) in [6, 6.07) is 7.94. The van der Waals surface area contributed by atoms with E-state index >= 15 is 0 Å². The second-order valence-corrected chi connectivity index (χ2v) is 4.94. The Bertz CT molecular complexity index is 445. The highest BCUT2D eigenvalue weighted by Gasteiger charge is 2.14. The summed E-state index contributed by atoms with van der Waals surface area (Å²) in [4.78, 5) is 18.2. The molecule has 1 aromatic carbocycles. The van der Waals surface area contributed by atoms with Crippen LogP contribution in [0.25, 0.3) is 0 Å². The molecule has 0 bridgehead atoms. The van der Waals surface area contributed by atoms with Gasteiger partial charge < -0.3 is 20.3 Å². The summed E-state index contributed by atoms with van der Waals surface area (Å²) in [6.45, 7) is 2.76. The number of halogens is 1. The molecule has 1 atom stereocenters. The number of nitrogens with one attached hydrogen (secondary N) is 1. The first-order valence-corrected chi connectivity index (χ1v) is 6.90. The molecule has 1 saturated heterocycles. The number of benzene rings is 1. The standard InChI is InChI=1S/C12H16ClNO.C2H2O4/c13-11-5-3-10(4-6-11)8-14-9-12-2-1-7-15-12;3-1(4)2(5)6/h3-6,12,14H,1-2,7-9H2;(H,3,4)(H,5,6). The molecule has 0 saturated carbocycles. The topological polar surface area (TPSA) is 95.9 Å². The maximum Gasteiger partial charge on any atom is 0.414 e. The molecule has 1 heterocycles. The van der Waals surface area contributed by atoms with Crippen molar-refractivity contribution in [3.05, 3.63) is 34.9 Å². The molecule has 21 heavy (non-hydrogen) atoms. The molecule has 1 fully saturated rings. The second kappa shape index (κ2) is 9.33. The molecule has 0 radical (unpaired) electrons. The lowest BCUT2D eigenvalue weighted by Crippen LogP contribution is -2.25. The van der Waals surface area contributed by atoms with Crippen molar-refractivity contribution in [2.75, 3.05) is 13.2 Å². The number of rotatable bonds is 4. The minimum absolute atomic E-state index is 0.414. The van der Waals surface area contributed by atoms with Gasteiger partial charge >= 0.3 is 11.9 Å². The van der Waals surface area contributed by atoms with E-state index in [0.29, 0.717) is 6.10 Å². The Balaban J connectivity index is 0.000000315. The highest BCUT2D eigenvalue weighted by atomic mass is 35.5. The number of carboxylic acids is 2. The van der Waals surface area contributed by atoms with Crippen LogP contribution in [-0.2, 0) is 20.9 Å². The Kier molecular flexibility index (Phi) is 7.74. The van der Waals surface area contributed by atoms with Crippen LogP contribution in [0.1, 0.15) is 18.4 Å². The Labute approximate surface area is 127 Å². The predicted octanol–water partition coefficient (Wildman–Crippen LogP) is 1.76. The summed E-state index contributed by atoms with van der Waals surface area (Å²) in [5, 5.41) is 19.0. The lowest BCUT2D eigenvalue weighted by molar-refractivity contribution is -0.159. The Morgan fingerprint density at radius 3 is 2.33 bits per heavy atom. The molecule has 0 aliphatic carbocycles. The number of aliphatic carboxylic acids is 2. The fraction of sp³-hybridized carbons (Fsp3) is 0.429. The number of hydrogen-bond donors (Lipinski definition) is 3. The van der Waals surface area contributed by atoms with Gasteiger partial charge in [-0.25, -0.2) is 9.59 Å². The van der Waals surface area contributed by atoms with Crippen molar-refractivity contribution in [2.45, 2.75) is 25.5 Å². The quantitative estimate of drug-likeness (QED) is 0.733. The molecule has 3 N–H and O–H groups in total. The Hall–Kier alpha value is -1.63. The van der Waals surface area contributed by atoms with Crippen LogP contribution in [0, 0.1) is 0 Å². The fourth-order valence-electron chi connectivity index (χ4n) is 1.79. The van der Waals surface area contributed by atoms with E-state index in [1.54, 1.807) is 0 Å². The molecule has 0 amide bonds. The van der Waals surface area contributed by atoms with E-state index < -0.39 is 11.9 Å². The summed E-state index contributed by atoms with van der Waals surface area (Å²) < 4.78 is 5.53. The maximum absolute atomic E-state index is 9.10. The predicted molar refractivity (Wildman–Crippen MR) is 77.4 cm³/mol. The zero-order valence-electron chi connectivity index (χ0n) is 11.4. The molecule has 7 heteroatoms. The molecular formula is C14H18ClNO5. The third-order valence-electron chi connectivity index (χ3n) is 2.82. The number of carboxylic acid groups (broad SMARTS) is 2. The second-order valence-electron chi connectivity index (χ2n) is 4.50. The van der Waals surface area contributed by atoms with Crippen molar-refractivity contribution in [3.8, 4) is 0 Å². The van der Waals surface area contributed by atoms with Crippen LogP contribution in [0.2, 0.25) is 5.02 Å². The smallest absolute Gasteiger partial charge is 0.414 e. The molecule has 1 aliphatic rings. The summed E-state index contributed by atoms with van der Waals surface area (Å²) in [5.41, 5.74) is 1.26. The van der Waals surface area contributed by atoms with Gasteiger partial charge in [-0.2, -0.15) is 0 Å². The van der Waals surface area contributed by atoms with Crippen LogP contribution < -0.4 is 5.32 Å². The van der Waals surface area contributed by atoms with Crippen molar-refractivity contribution in [2.24, 2.45) is 0 Å². The molecule has 2 rings (SSSR count). The van der Waals surface area contributed by atoms with Crippen LogP contribution >= 0.6 is 11.6 Å². The fourth-order valence-corrected chi connectivity index (χ4v) is 1.91. The van der Waals surface area contributed by atoms with Crippen molar-refractivity contribution >= 4 is 23.5 Å². The van der Waals surface area contributed by atoms with Gasteiger partial charge in [-0.15, -0.1) is 0 Å². The largest absolute Gasteiger partial charge is 0.473 e. The molecule has 0 aromatic heterocycles. The highest BCUT2D eigenvalue weighted by molar-refractivity contribution is 6.30. The van der Waals surface area contributed by atoms with Gasteiger partial charge in [0, 0.05) is 24.7 Å². The van der Waals surface area contributed by atoms with Crippen LogP contribution in [0.15, 0.2) is 24.3 Å². The summed E-state index contributed by atoms with van der Waals surface area (Å²) in [7, 11) is 0. The minimum Gasteiger partial charge on any atom is -0.473 e. The first-order chi connectivity index (χ1) is 9.99. The number of carbonyl (C=O) groups is 2. The third-order valence-corrected chi connectivity index (χ3v) is 3.07. The SMILES string of the molecule is Clc1ccc(CNCC2CCCO2)cc1.O=C(O)C(=O)O. The van der Waals surface area contributed by atoms with Gasteiger partial charge in [0.05, 0.1) is 6.10 Å². The Morgan fingerprint density at radius 1 is 1.24 bits per heavy atom. The lowest BCUT2D eigenvalue weighted by atomic mass is 10.2. The van der Waals surface area contributed by atoms with Crippen LogP contribution in [-0.4, -0.2) is 41.4 Å². The normalized spacial score (nSPS) is 16.9. The van der Waals surface area contributed by atoms with E-state index in [1.165, 1.54) is 18.4 Å². The summed E-state index contributed by atoms with van der Waals surface area (Å²) >= 11 is 5.81. The van der Waals surface area contributed by atoms with Gasteiger partial charge in [-0.3, -0.25) is 0 Å². The van der Waals surface area contributed by atoms with Crippen LogP contribution in [0.3, 0.4) is 0 Å². The molecule has 1 unspecified atom stereocenters. The molecule has 0 spiro atoms. The van der Waals surface area contributed by atoms with E-state index in [2.05, 4.69) is 5.32 Å². The summed E-state index contributed by atoms with van der Waals surface area (Å²) in [6.07, 6.45) is 2.80. The van der Waals surface area contributed by atoms with Crippen molar-refractivity contribution in [1.82, 2.24) is 5.32 Å². The molecule has 116 valence electrons. The molecule has 1 aromatic rings. The lowest BCUT2D eigenvalue weighted by Gasteiger charge is -2.10. The van der Waals surface area contributed by atoms with Gasteiger partial charge in [0.1, 0.15) is 0 Å². The third kappa shape index (κ3) is 7.65. The van der Waals surface area contributed by atoms with Crippen LogP contribution in [0.5, 0.6) is 0 Å². The number of ether oxygens (including phenoxy) is 1. The first kappa shape index (κ1) is 17.4.